The van der Waals surface area contributed by atoms with E-state index in [1.807, 2.05) is 31.5 Å². The minimum absolute atomic E-state index is 0.0818. The van der Waals surface area contributed by atoms with Crippen molar-refractivity contribution in [3.8, 4) is 17.1 Å². The van der Waals surface area contributed by atoms with E-state index in [4.69, 9.17) is 9.47 Å². The molecule has 0 N–H and O–H groups in total. The van der Waals surface area contributed by atoms with Crippen LogP contribution in [0.1, 0.15) is 32.3 Å². The number of rotatable bonds is 8. The molecule has 0 saturated heterocycles. The second kappa shape index (κ2) is 8.88. The van der Waals surface area contributed by atoms with E-state index in [0.29, 0.717) is 18.2 Å². The molecule has 0 atom stereocenters. The molecular formula is C18H22N2O3. The highest BCUT2D eigenvalue weighted by Crippen LogP contribution is 2.19. The summed E-state index contributed by atoms with van der Waals surface area (Å²) in [5, 5.41) is 0. The van der Waals surface area contributed by atoms with Crippen molar-refractivity contribution in [1.29, 1.82) is 0 Å². The number of hydrogen-bond acceptors (Lipinski definition) is 5. The quantitative estimate of drug-likeness (QED) is 0.699. The largest absolute Gasteiger partial charge is 0.482 e. The van der Waals surface area contributed by atoms with E-state index in [-0.39, 0.29) is 12.6 Å². The Bertz CT molecular complexity index is 609. The molecule has 122 valence electrons. The maximum atomic E-state index is 11.4. The number of nitrogens with zero attached hydrogens (tertiary/aromatic N) is 2. The fourth-order valence-electron chi connectivity index (χ4n) is 2.02. The van der Waals surface area contributed by atoms with Gasteiger partial charge in [0.15, 0.2) is 12.4 Å². The van der Waals surface area contributed by atoms with Gasteiger partial charge in [0.1, 0.15) is 5.75 Å². The zero-order valence-corrected chi connectivity index (χ0v) is 13.6. The van der Waals surface area contributed by atoms with Crippen molar-refractivity contribution in [2.45, 2.75) is 33.1 Å². The van der Waals surface area contributed by atoms with Gasteiger partial charge in [-0.15, -0.1) is 0 Å². The minimum atomic E-state index is -0.356. The first-order valence-electron chi connectivity index (χ1n) is 7.92. The lowest BCUT2D eigenvalue weighted by atomic mass is 10.2. The molecule has 0 spiro atoms. The van der Waals surface area contributed by atoms with Gasteiger partial charge in [0.05, 0.1) is 6.61 Å². The number of aromatic nitrogens is 2. The summed E-state index contributed by atoms with van der Waals surface area (Å²) >= 11 is 0. The SMILES string of the molecule is CCCOC(=O)COc1ccc(-c2ncc(CCC)cn2)cc1. The van der Waals surface area contributed by atoms with Crippen LogP contribution in [0.5, 0.6) is 5.75 Å². The minimum Gasteiger partial charge on any atom is -0.482 e. The van der Waals surface area contributed by atoms with Crippen LogP contribution in [0.25, 0.3) is 11.4 Å². The molecule has 0 unspecified atom stereocenters. The fraction of sp³-hybridized carbons (Fsp3) is 0.389. The molecular weight excluding hydrogens is 292 g/mol. The zero-order chi connectivity index (χ0) is 16.5. The average molecular weight is 314 g/mol. The molecule has 0 fully saturated rings. The van der Waals surface area contributed by atoms with Gasteiger partial charge in [-0.3, -0.25) is 0 Å². The van der Waals surface area contributed by atoms with Crippen LogP contribution in [0.3, 0.4) is 0 Å². The Balaban J connectivity index is 1.92. The Morgan fingerprint density at radius 2 is 1.74 bits per heavy atom. The van der Waals surface area contributed by atoms with Crippen LogP contribution in [0.4, 0.5) is 0 Å². The number of carbonyl (C=O) groups is 1. The second-order valence-corrected chi connectivity index (χ2v) is 5.20. The zero-order valence-electron chi connectivity index (χ0n) is 13.6. The normalized spacial score (nSPS) is 10.3. The Labute approximate surface area is 136 Å². The summed E-state index contributed by atoms with van der Waals surface area (Å²) < 4.78 is 10.3. The molecule has 5 heteroatoms. The first kappa shape index (κ1) is 16.9. The molecule has 0 saturated carbocycles. The summed E-state index contributed by atoms with van der Waals surface area (Å²) in [6, 6.07) is 7.35. The Morgan fingerprint density at radius 3 is 2.35 bits per heavy atom. The number of aryl methyl sites for hydroxylation is 1. The van der Waals surface area contributed by atoms with Gasteiger partial charge in [-0.05, 0) is 42.7 Å². The number of carbonyl (C=O) groups excluding carboxylic acids is 1. The number of esters is 1. The summed E-state index contributed by atoms with van der Waals surface area (Å²) in [7, 11) is 0. The van der Waals surface area contributed by atoms with Crippen LogP contribution in [0.15, 0.2) is 36.7 Å². The molecule has 0 aliphatic rings. The maximum absolute atomic E-state index is 11.4. The topological polar surface area (TPSA) is 61.3 Å². The Hall–Kier alpha value is -2.43. The monoisotopic (exact) mass is 314 g/mol. The van der Waals surface area contributed by atoms with Gasteiger partial charge in [0.25, 0.3) is 0 Å². The molecule has 1 heterocycles. The highest BCUT2D eigenvalue weighted by Gasteiger charge is 2.05. The lowest BCUT2D eigenvalue weighted by Gasteiger charge is -2.07. The van der Waals surface area contributed by atoms with Crippen molar-refractivity contribution in [3.63, 3.8) is 0 Å². The molecule has 2 rings (SSSR count). The maximum Gasteiger partial charge on any atom is 0.344 e. The molecule has 1 aromatic carbocycles. The van der Waals surface area contributed by atoms with Crippen molar-refractivity contribution < 1.29 is 14.3 Å². The molecule has 23 heavy (non-hydrogen) atoms. The highest BCUT2D eigenvalue weighted by atomic mass is 16.6. The molecule has 5 nitrogen and oxygen atoms in total. The van der Waals surface area contributed by atoms with Crippen molar-refractivity contribution in [2.75, 3.05) is 13.2 Å². The van der Waals surface area contributed by atoms with E-state index in [9.17, 15) is 4.79 Å². The third-order valence-corrected chi connectivity index (χ3v) is 3.18. The van der Waals surface area contributed by atoms with Crippen molar-refractivity contribution in [3.05, 3.63) is 42.2 Å². The first-order valence-corrected chi connectivity index (χ1v) is 7.92. The van der Waals surface area contributed by atoms with Crippen molar-refractivity contribution >= 4 is 5.97 Å². The molecule has 0 aliphatic heterocycles. The van der Waals surface area contributed by atoms with Crippen molar-refractivity contribution in [2.24, 2.45) is 0 Å². The molecule has 2 aromatic rings. The first-order chi connectivity index (χ1) is 11.2. The molecule has 0 aliphatic carbocycles. The van der Waals surface area contributed by atoms with Crippen LogP contribution in [-0.4, -0.2) is 29.2 Å². The van der Waals surface area contributed by atoms with Gasteiger partial charge in [0.2, 0.25) is 0 Å². The lowest BCUT2D eigenvalue weighted by molar-refractivity contribution is -0.146. The van der Waals surface area contributed by atoms with E-state index in [1.165, 1.54) is 0 Å². The number of benzene rings is 1. The van der Waals surface area contributed by atoms with Crippen LogP contribution in [-0.2, 0) is 16.0 Å². The van der Waals surface area contributed by atoms with E-state index >= 15 is 0 Å². The summed E-state index contributed by atoms with van der Waals surface area (Å²) in [5.74, 6) is 0.939. The Kier molecular flexibility index (Phi) is 6.54. The second-order valence-electron chi connectivity index (χ2n) is 5.20. The predicted molar refractivity (Wildman–Crippen MR) is 88.2 cm³/mol. The van der Waals surface area contributed by atoms with Gasteiger partial charge in [-0.2, -0.15) is 0 Å². The molecule has 0 amide bonds. The van der Waals surface area contributed by atoms with Crippen LogP contribution in [0.2, 0.25) is 0 Å². The van der Waals surface area contributed by atoms with E-state index in [1.54, 1.807) is 12.1 Å². The number of ether oxygens (including phenoxy) is 2. The van der Waals surface area contributed by atoms with E-state index in [0.717, 1.165) is 30.4 Å². The standard InChI is InChI=1S/C18H22N2O3/c1-3-5-14-11-19-18(20-12-14)15-6-8-16(9-7-15)23-13-17(21)22-10-4-2/h6-9,11-12H,3-5,10,13H2,1-2H3. The van der Waals surface area contributed by atoms with E-state index < -0.39 is 0 Å². The third kappa shape index (κ3) is 5.36. The van der Waals surface area contributed by atoms with Crippen molar-refractivity contribution in [1.82, 2.24) is 9.97 Å². The third-order valence-electron chi connectivity index (χ3n) is 3.18. The Morgan fingerprint density at radius 1 is 1.04 bits per heavy atom. The predicted octanol–water partition coefficient (Wildman–Crippen LogP) is 3.43. The lowest BCUT2D eigenvalue weighted by Crippen LogP contribution is -2.15. The summed E-state index contributed by atoms with van der Waals surface area (Å²) in [6.45, 7) is 4.42. The van der Waals surface area contributed by atoms with Crippen LogP contribution >= 0.6 is 0 Å². The molecule has 0 bridgehead atoms. The molecule has 0 radical (unpaired) electrons. The summed E-state index contributed by atoms with van der Waals surface area (Å²) in [5.41, 5.74) is 2.05. The van der Waals surface area contributed by atoms with Crippen LogP contribution in [0, 0.1) is 0 Å². The van der Waals surface area contributed by atoms with Gasteiger partial charge in [-0.25, -0.2) is 14.8 Å². The highest BCUT2D eigenvalue weighted by molar-refractivity contribution is 5.71. The summed E-state index contributed by atoms with van der Waals surface area (Å²) in [4.78, 5) is 20.1. The fourth-order valence-corrected chi connectivity index (χ4v) is 2.02. The van der Waals surface area contributed by atoms with Crippen LogP contribution < -0.4 is 4.74 Å². The summed E-state index contributed by atoms with van der Waals surface area (Å²) in [6.07, 6.45) is 6.59. The average Bonchev–Trinajstić information content (AvgIpc) is 2.59. The van der Waals surface area contributed by atoms with Gasteiger partial charge in [-0.1, -0.05) is 20.3 Å². The molecule has 1 aromatic heterocycles. The van der Waals surface area contributed by atoms with Gasteiger partial charge in [0, 0.05) is 18.0 Å². The van der Waals surface area contributed by atoms with Gasteiger partial charge >= 0.3 is 5.97 Å². The smallest absolute Gasteiger partial charge is 0.344 e. The van der Waals surface area contributed by atoms with Gasteiger partial charge < -0.3 is 9.47 Å². The number of hydrogen-bond donors (Lipinski definition) is 0. The van der Waals surface area contributed by atoms with E-state index in [2.05, 4.69) is 16.9 Å².